The maximum atomic E-state index is 11.8. The third-order valence-corrected chi connectivity index (χ3v) is 2.69. The van der Waals surface area contributed by atoms with E-state index in [-0.39, 0.29) is 23.6 Å². The molecule has 0 fully saturated rings. The van der Waals surface area contributed by atoms with E-state index in [1.165, 1.54) is 24.1 Å². The zero-order valence-corrected chi connectivity index (χ0v) is 13.7. The van der Waals surface area contributed by atoms with Gasteiger partial charge in [-0.1, -0.05) is 0 Å². The molecule has 1 rings (SSSR count). The van der Waals surface area contributed by atoms with E-state index in [0.717, 1.165) is 12.4 Å². The molecule has 0 radical (unpaired) electrons. The SMILES string of the molecule is CN(CC(=O)NC(C)(C)C)C(=O)COC(=O)c1cc[n+]([O-])cc1. The minimum absolute atomic E-state index is 0.130. The van der Waals surface area contributed by atoms with Gasteiger partial charge in [0.2, 0.25) is 5.91 Å². The van der Waals surface area contributed by atoms with Crippen molar-refractivity contribution in [1.29, 1.82) is 0 Å². The van der Waals surface area contributed by atoms with Gasteiger partial charge in [0.05, 0.1) is 12.1 Å². The second kappa shape index (κ2) is 7.57. The Morgan fingerprint density at radius 2 is 1.83 bits per heavy atom. The topological polar surface area (TPSA) is 103 Å². The quantitative estimate of drug-likeness (QED) is 0.461. The van der Waals surface area contributed by atoms with Gasteiger partial charge in [0, 0.05) is 24.7 Å². The summed E-state index contributed by atoms with van der Waals surface area (Å²) in [5.74, 6) is -1.52. The van der Waals surface area contributed by atoms with Crippen molar-refractivity contribution in [1.82, 2.24) is 10.2 Å². The molecule has 0 bridgehead atoms. The third kappa shape index (κ3) is 6.77. The van der Waals surface area contributed by atoms with Gasteiger partial charge in [-0.3, -0.25) is 9.59 Å². The van der Waals surface area contributed by atoms with E-state index in [1.54, 1.807) is 0 Å². The van der Waals surface area contributed by atoms with E-state index in [2.05, 4.69) is 5.32 Å². The van der Waals surface area contributed by atoms with E-state index in [4.69, 9.17) is 4.74 Å². The van der Waals surface area contributed by atoms with E-state index >= 15 is 0 Å². The number of pyridine rings is 1. The number of ether oxygens (including phenoxy) is 1. The predicted octanol–water partition coefficient (Wildman–Crippen LogP) is -0.150. The van der Waals surface area contributed by atoms with Crippen molar-refractivity contribution in [2.45, 2.75) is 26.3 Å². The van der Waals surface area contributed by atoms with Gasteiger partial charge in [0.1, 0.15) is 0 Å². The second-order valence-electron chi connectivity index (χ2n) is 6.07. The lowest BCUT2D eigenvalue weighted by Crippen LogP contribution is -2.46. The highest BCUT2D eigenvalue weighted by Gasteiger charge is 2.19. The van der Waals surface area contributed by atoms with Crippen LogP contribution in [0.5, 0.6) is 0 Å². The van der Waals surface area contributed by atoms with E-state index in [1.807, 2.05) is 20.8 Å². The fourth-order valence-electron chi connectivity index (χ4n) is 1.63. The lowest BCUT2D eigenvalue weighted by molar-refractivity contribution is -0.605. The molecule has 0 aromatic carbocycles. The number of hydrogen-bond acceptors (Lipinski definition) is 5. The summed E-state index contributed by atoms with van der Waals surface area (Å²) in [6.07, 6.45) is 2.31. The summed E-state index contributed by atoms with van der Waals surface area (Å²) in [5.41, 5.74) is -0.225. The van der Waals surface area contributed by atoms with Crippen LogP contribution in [-0.2, 0) is 14.3 Å². The van der Waals surface area contributed by atoms with Crippen molar-refractivity contribution >= 4 is 17.8 Å². The van der Waals surface area contributed by atoms with Crippen LogP contribution < -0.4 is 10.0 Å². The summed E-state index contributed by atoms with van der Waals surface area (Å²) in [7, 11) is 1.45. The molecular formula is C15H21N3O5. The maximum absolute atomic E-state index is 11.8. The van der Waals surface area contributed by atoms with Gasteiger partial charge in [-0.25, -0.2) is 4.79 Å². The van der Waals surface area contributed by atoms with Crippen LogP contribution in [0, 0.1) is 5.21 Å². The minimum Gasteiger partial charge on any atom is -0.619 e. The van der Waals surface area contributed by atoms with E-state index in [9.17, 15) is 19.6 Å². The first-order valence-electron chi connectivity index (χ1n) is 6.99. The number of hydrogen-bond donors (Lipinski definition) is 1. The van der Waals surface area contributed by atoms with Crippen LogP contribution in [0.3, 0.4) is 0 Å². The number of rotatable bonds is 5. The average Bonchev–Trinajstić information content (AvgIpc) is 2.42. The van der Waals surface area contributed by atoms with Crippen molar-refractivity contribution in [2.75, 3.05) is 20.2 Å². The molecule has 1 heterocycles. The molecule has 126 valence electrons. The molecule has 2 amide bonds. The monoisotopic (exact) mass is 323 g/mol. The largest absolute Gasteiger partial charge is 0.619 e. The Kier molecular flexibility index (Phi) is 6.06. The molecule has 0 saturated heterocycles. The first-order chi connectivity index (χ1) is 10.6. The normalized spacial score (nSPS) is 10.8. The van der Waals surface area contributed by atoms with Gasteiger partial charge in [-0.05, 0) is 20.8 Å². The molecule has 0 aliphatic heterocycles. The smallest absolute Gasteiger partial charge is 0.339 e. The number of amides is 2. The Morgan fingerprint density at radius 3 is 2.35 bits per heavy atom. The van der Waals surface area contributed by atoms with E-state index in [0.29, 0.717) is 4.73 Å². The predicted molar refractivity (Wildman–Crippen MR) is 81.2 cm³/mol. The molecule has 8 heteroatoms. The fraction of sp³-hybridized carbons (Fsp3) is 0.467. The standard InChI is InChI=1S/C15H21N3O5/c1-15(2,3)16-12(19)9-17(4)13(20)10-23-14(21)11-5-7-18(22)8-6-11/h5-8H,9-10H2,1-4H3,(H,16,19). The third-order valence-electron chi connectivity index (χ3n) is 2.69. The van der Waals surface area contributed by atoms with Crippen LogP contribution >= 0.6 is 0 Å². The van der Waals surface area contributed by atoms with Crippen LogP contribution in [0.25, 0.3) is 0 Å². The summed E-state index contributed by atoms with van der Waals surface area (Å²) >= 11 is 0. The molecular weight excluding hydrogens is 302 g/mol. The van der Waals surface area contributed by atoms with Gasteiger partial charge in [-0.15, -0.1) is 0 Å². The van der Waals surface area contributed by atoms with Crippen LogP contribution in [0.4, 0.5) is 0 Å². The summed E-state index contributed by atoms with van der Waals surface area (Å²) in [6, 6.07) is 2.58. The highest BCUT2D eigenvalue weighted by molar-refractivity contribution is 5.91. The molecule has 0 atom stereocenters. The molecule has 0 unspecified atom stereocenters. The van der Waals surface area contributed by atoms with Crippen molar-refractivity contribution < 1.29 is 23.9 Å². The second-order valence-corrected chi connectivity index (χ2v) is 6.07. The number of likely N-dealkylation sites (N-methyl/N-ethyl adjacent to an activating group) is 1. The van der Waals surface area contributed by atoms with Crippen molar-refractivity contribution in [3.05, 3.63) is 35.3 Å². The zero-order valence-electron chi connectivity index (χ0n) is 13.7. The summed E-state index contributed by atoms with van der Waals surface area (Å²) < 4.78 is 5.39. The maximum Gasteiger partial charge on any atom is 0.339 e. The van der Waals surface area contributed by atoms with Gasteiger partial charge >= 0.3 is 5.97 Å². The molecule has 1 aromatic heterocycles. The molecule has 8 nitrogen and oxygen atoms in total. The number of carbonyl (C=O) groups is 3. The first-order valence-corrected chi connectivity index (χ1v) is 6.99. The molecule has 0 saturated carbocycles. The van der Waals surface area contributed by atoms with Crippen molar-refractivity contribution in [2.24, 2.45) is 0 Å². The summed E-state index contributed by atoms with van der Waals surface area (Å²) in [4.78, 5) is 36.4. The van der Waals surface area contributed by atoms with Gasteiger partial charge in [-0.2, -0.15) is 4.73 Å². The fourth-order valence-corrected chi connectivity index (χ4v) is 1.63. The number of esters is 1. The average molecular weight is 323 g/mol. The summed E-state index contributed by atoms with van der Waals surface area (Å²) in [5, 5.41) is 13.6. The highest BCUT2D eigenvalue weighted by Crippen LogP contribution is 2.00. The molecule has 0 aliphatic carbocycles. The van der Waals surface area contributed by atoms with Crippen LogP contribution in [0.15, 0.2) is 24.5 Å². The Morgan fingerprint density at radius 1 is 1.26 bits per heavy atom. The summed E-state index contributed by atoms with van der Waals surface area (Å²) in [6.45, 7) is 4.89. The zero-order chi connectivity index (χ0) is 17.6. The highest BCUT2D eigenvalue weighted by atomic mass is 16.5. The lowest BCUT2D eigenvalue weighted by Gasteiger charge is -2.23. The van der Waals surface area contributed by atoms with Crippen molar-refractivity contribution in [3.63, 3.8) is 0 Å². The molecule has 1 N–H and O–H groups in total. The molecule has 0 spiro atoms. The molecule has 1 aromatic rings. The van der Waals surface area contributed by atoms with Crippen molar-refractivity contribution in [3.8, 4) is 0 Å². The van der Waals surface area contributed by atoms with Gasteiger partial charge < -0.3 is 20.2 Å². The Balaban J connectivity index is 2.45. The Labute approximate surface area is 134 Å². The van der Waals surface area contributed by atoms with Crippen LogP contribution in [0.1, 0.15) is 31.1 Å². The Bertz CT molecular complexity index is 578. The molecule has 0 aliphatic rings. The number of aromatic nitrogens is 1. The number of carbonyl (C=O) groups excluding carboxylic acids is 3. The minimum atomic E-state index is -0.716. The Hall–Kier alpha value is -2.64. The van der Waals surface area contributed by atoms with Crippen LogP contribution in [-0.4, -0.2) is 48.4 Å². The lowest BCUT2D eigenvalue weighted by atomic mass is 10.1. The van der Waals surface area contributed by atoms with Gasteiger partial charge in [0.25, 0.3) is 5.91 Å². The molecule has 23 heavy (non-hydrogen) atoms. The van der Waals surface area contributed by atoms with Crippen LogP contribution in [0.2, 0.25) is 0 Å². The first kappa shape index (κ1) is 18.4. The number of nitrogens with one attached hydrogen (secondary N) is 1. The number of nitrogens with zero attached hydrogens (tertiary/aromatic N) is 2. The van der Waals surface area contributed by atoms with E-state index < -0.39 is 18.5 Å². The van der Waals surface area contributed by atoms with Gasteiger partial charge in [0.15, 0.2) is 19.0 Å².